The maximum Gasteiger partial charge on any atom is 0.256 e. The number of aryl methyl sites for hydroxylation is 1. The average Bonchev–Trinajstić information content (AvgIpc) is 2.86. The van der Waals surface area contributed by atoms with Crippen LogP contribution in [0.4, 0.5) is 0 Å². The van der Waals surface area contributed by atoms with E-state index < -0.39 is 0 Å². The molecule has 2 aromatic rings. The Kier molecular flexibility index (Phi) is 4.25. The van der Waals surface area contributed by atoms with Crippen molar-refractivity contribution in [1.82, 2.24) is 4.90 Å². The zero-order chi connectivity index (χ0) is 15.5. The third kappa shape index (κ3) is 2.64. The summed E-state index contributed by atoms with van der Waals surface area (Å²) < 4.78 is 5.60. The number of ether oxygens (including phenoxy) is 1. The van der Waals surface area contributed by atoms with Gasteiger partial charge in [-0.15, -0.1) is 0 Å². The smallest absolute Gasteiger partial charge is 0.256 e. The van der Waals surface area contributed by atoms with Crippen molar-refractivity contribution >= 4 is 5.91 Å². The molecular weight excluding hydrogens is 274 g/mol. The number of carbonyl (C=O) groups excluding carboxylic acids is 1. The molecular formula is C19H21NO2. The number of carbonyl (C=O) groups is 1. The van der Waals surface area contributed by atoms with Crippen molar-refractivity contribution in [1.29, 1.82) is 0 Å². The minimum absolute atomic E-state index is 0.0722. The van der Waals surface area contributed by atoms with Crippen LogP contribution in [-0.2, 0) is 11.2 Å². The number of amides is 1. The Morgan fingerprint density at radius 3 is 2.50 bits per heavy atom. The lowest BCUT2D eigenvalue weighted by Gasteiger charge is -2.30. The molecule has 1 aliphatic heterocycles. The lowest BCUT2D eigenvalue weighted by Crippen LogP contribution is -2.37. The number of rotatable bonds is 5. The normalized spacial score (nSPS) is 18.4. The van der Waals surface area contributed by atoms with Crippen molar-refractivity contribution in [3.63, 3.8) is 0 Å². The first-order chi connectivity index (χ1) is 10.7. The van der Waals surface area contributed by atoms with E-state index in [9.17, 15) is 4.79 Å². The fourth-order valence-electron chi connectivity index (χ4n) is 3.13. The molecule has 0 fully saturated rings. The lowest BCUT2D eigenvalue weighted by molar-refractivity contribution is -0.0295. The molecule has 0 spiro atoms. The van der Waals surface area contributed by atoms with Crippen LogP contribution in [0.15, 0.2) is 54.6 Å². The Morgan fingerprint density at radius 2 is 1.77 bits per heavy atom. The monoisotopic (exact) mass is 295 g/mol. The van der Waals surface area contributed by atoms with Gasteiger partial charge >= 0.3 is 0 Å². The molecule has 3 heteroatoms. The van der Waals surface area contributed by atoms with Crippen molar-refractivity contribution < 1.29 is 9.53 Å². The fourth-order valence-corrected chi connectivity index (χ4v) is 3.13. The van der Waals surface area contributed by atoms with Crippen molar-refractivity contribution in [2.75, 3.05) is 7.11 Å². The van der Waals surface area contributed by atoms with Crippen LogP contribution in [0, 0.1) is 0 Å². The molecule has 1 amide bonds. The van der Waals surface area contributed by atoms with Gasteiger partial charge in [-0.1, -0.05) is 48.5 Å². The standard InChI is InChI=1S/C19H21NO2/c1-14(12-13-15-8-4-3-5-9-15)20-18(21)16-10-6-7-11-17(16)19(20)22-2/h3-11,14,19H,12-13H2,1-2H3. The summed E-state index contributed by atoms with van der Waals surface area (Å²) in [4.78, 5) is 14.5. The molecule has 3 nitrogen and oxygen atoms in total. The fraction of sp³-hybridized carbons (Fsp3) is 0.316. The van der Waals surface area contributed by atoms with Gasteiger partial charge in [0.25, 0.3) is 5.91 Å². The first-order valence-electron chi connectivity index (χ1n) is 7.70. The summed E-state index contributed by atoms with van der Waals surface area (Å²) in [5.74, 6) is 0.0722. The van der Waals surface area contributed by atoms with Gasteiger partial charge in [-0.05, 0) is 31.4 Å². The van der Waals surface area contributed by atoms with E-state index in [1.54, 1.807) is 7.11 Å². The highest BCUT2D eigenvalue weighted by Crippen LogP contribution is 2.36. The molecule has 0 aromatic heterocycles. The number of methoxy groups -OCH3 is 1. The summed E-state index contributed by atoms with van der Waals surface area (Å²) in [5, 5.41) is 0. The zero-order valence-electron chi connectivity index (χ0n) is 13.0. The van der Waals surface area contributed by atoms with Gasteiger partial charge in [-0.2, -0.15) is 0 Å². The minimum Gasteiger partial charge on any atom is -0.357 e. The molecule has 0 N–H and O–H groups in total. The van der Waals surface area contributed by atoms with E-state index in [0.29, 0.717) is 0 Å². The first kappa shape index (κ1) is 14.8. The van der Waals surface area contributed by atoms with Gasteiger partial charge in [0.05, 0.1) is 0 Å². The van der Waals surface area contributed by atoms with Gasteiger partial charge in [0.2, 0.25) is 0 Å². The first-order valence-corrected chi connectivity index (χ1v) is 7.70. The van der Waals surface area contributed by atoms with Gasteiger partial charge in [-0.3, -0.25) is 4.79 Å². The molecule has 2 unspecified atom stereocenters. The van der Waals surface area contributed by atoms with Crippen molar-refractivity contribution in [2.45, 2.75) is 32.0 Å². The molecule has 114 valence electrons. The van der Waals surface area contributed by atoms with Gasteiger partial charge in [-0.25, -0.2) is 0 Å². The highest BCUT2D eigenvalue weighted by Gasteiger charge is 2.38. The molecule has 0 radical (unpaired) electrons. The van der Waals surface area contributed by atoms with Crippen LogP contribution in [0.25, 0.3) is 0 Å². The number of fused-ring (bicyclic) bond motifs is 1. The molecule has 2 aromatic carbocycles. The van der Waals surface area contributed by atoms with E-state index in [-0.39, 0.29) is 18.2 Å². The lowest BCUT2D eigenvalue weighted by atomic mass is 10.1. The summed E-state index contributed by atoms with van der Waals surface area (Å²) in [6, 6.07) is 18.2. The van der Waals surface area contributed by atoms with Crippen molar-refractivity contribution in [2.24, 2.45) is 0 Å². The van der Waals surface area contributed by atoms with Crippen LogP contribution < -0.4 is 0 Å². The molecule has 0 saturated heterocycles. The van der Waals surface area contributed by atoms with Gasteiger partial charge in [0.15, 0.2) is 6.23 Å². The SMILES string of the molecule is COC1c2ccccc2C(=O)N1C(C)CCc1ccccc1. The number of nitrogens with zero attached hydrogens (tertiary/aromatic N) is 1. The van der Waals surface area contributed by atoms with Crippen molar-refractivity contribution in [3.8, 4) is 0 Å². The van der Waals surface area contributed by atoms with Gasteiger partial charge < -0.3 is 9.64 Å². The summed E-state index contributed by atoms with van der Waals surface area (Å²) in [6.45, 7) is 2.10. The third-order valence-corrected chi connectivity index (χ3v) is 4.34. The third-order valence-electron chi connectivity index (χ3n) is 4.34. The second-order valence-corrected chi connectivity index (χ2v) is 5.76. The molecule has 0 aliphatic carbocycles. The van der Waals surface area contributed by atoms with E-state index in [4.69, 9.17) is 4.74 Å². The highest BCUT2D eigenvalue weighted by molar-refractivity contribution is 5.99. The van der Waals surface area contributed by atoms with Crippen molar-refractivity contribution in [3.05, 3.63) is 71.3 Å². The van der Waals surface area contributed by atoms with E-state index in [0.717, 1.165) is 24.0 Å². The Balaban J connectivity index is 1.75. The topological polar surface area (TPSA) is 29.5 Å². The zero-order valence-corrected chi connectivity index (χ0v) is 13.0. The molecule has 2 atom stereocenters. The van der Waals surface area contributed by atoms with Crippen LogP contribution in [0.3, 0.4) is 0 Å². The van der Waals surface area contributed by atoms with E-state index in [1.165, 1.54) is 5.56 Å². The maximum atomic E-state index is 12.7. The van der Waals surface area contributed by atoms with E-state index in [2.05, 4.69) is 31.2 Å². The van der Waals surface area contributed by atoms with Crippen LogP contribution in [0.2, 0.25) is 0 Å². The Bertz CT molecular complexity index is 653. The molecule has 1 heterocycles. The average molecular weight is 295 g/mol. The van der Waals surface area contributed by atoms with Gasteiger partial charge in [0.1, 0.15) is 0 Å². The van der Waals surface area contributed by atoms with E-state index >= 15 is 0 Å². The van der Waals surface area contributed by atoms with Crippen LogP contribution in [0.5, 0.6) is 0 Å². The highest BCUT2D eigenvalue weighted by atomic mass is 16.5. The largest absolute Gasteiger partial charge is 0.357 e. The Labute approximate surface area is 131 Å². The molecule has 22 heavy (non-hydrogen) atoms. The summed E-state index contributed by atoms with van der Waals surface area (Å²) >= 11 is 0. The molecule has 0 bridgehead atoms. The second kappa shape index (κ2) is 6.32. The summed E-state index contributed by atoms with van der Waals surface area (Å²) in [5.41, 5.74) is 3.04. The number of hydrogen-bond acceptors (Lipinski definition) is 2. The molecule has 3 rings (SSSR count). The van der Waals surface area contributed by atoms with Crippen LogP contribution in [0.1, 0.15) is 41.1 Å². The maximum absolute atomic E-state index is 12.7. The number of hydrogen-bond donors (Lipinski definition) is 0. The molecule has 0 saturated carbocycles. The Hall–Kier alpha value is -2.13. The van der Waals surface area contributed by atoms with Gasteiger partial charge in [0, 0.05) is 24.3 Å². The number of benzene rings is 2. The van der Waals surface area contributed by atoms with Crippen LogP contribution in [-0.4, -0.2) is 24.0 Å². The second-order valence-electron chi connectivity index (χ2n) is 5.76. The quantitative estimate of drug-likeness (QED) is 0.839. The van der Waals surface area contributed by atoms with E-state index in [1.807, 2.05) is 35.2 Å². The summed E-state index contributed by atoms with van der Waals surface area (Å²) in [6.07, 6.45) is 1.61. The van der Waals surface area contributed by atoms with Crippen LogP contribution >= 0.6 is 0 Å². The molecule has 1 aliphatic rings. The predicted molar refractivity (Wildman–Crippen MR) is 86.6 cm³/mol. The Morgan fingerprint density at radius 1 is 1.09 bits per heavy atom. The predicted octanol–water partition coefficient (Wildman–Crippen LogP) is 3.81. The minimum atomic E-state index is -0.269. The summed E-state index contributed by atoms with van der Waals surface area (Å²) in [7, 11) is 1.66.